The number of furan rings is 1. The molecule has 3 amide bonds. The molecule has 140 valence electrons. The van der Waals surface area contributed by atoms with E-state index < -0.39 is 6.03 Å². The molecule has 5 nitrogen and oxygen atoms in total. The Labute approximate surface area is 167 Å². The van der Waals surface area contributed by atoms with Crippen molar-refractivity contribution in [3.8, 4) is 0 Å². The number of hydrogen-bond donors (Lipinski definition) is 1. The molecular weight excluding hydrogens is 372 g/mol. The summed E-state index contributed by atoms with van der Waals surface area (Å²) in [7, 11) is 0. The van der Waals surface area contributed by atoms with E-state index in [0.717, 1.165) is 10.5 Å². The molecule has 1 aromatic heterocycles. The van der Waals surface area contributed by atoms with E-state index in [1.54, 1.807) is 12.1 Å². The summed E-state index contributed by atoms with van der Waals surface area (Å²) in [6.07, 6.45) is 1.56. The highest BCUT2D eigenvalue weighted by molar-refractivity contribution is 7.99. The van der Waals surface area contributed by atoms with Crippen LogP contribution >= 0.6 is 11.8 Å². The molecule has 2 heterocycles. The molecule has 1 N–H and O–H groups in total. The van der Waals surface area contributed by atoms with E-state index in [1.807, 2.05) is 67.6 Å². The molecule has 6 heteroatoms. The predicted molar refractivity (Wildman–Crippen MR) is 108 cm³/mol. The highest BCUT2D eigenvalue weighted by atomic mass is 32.2. The number of nitrogens with one attached hydrogen (secondary N) is 1. The lowest BCUT2D eigenvalue weighted by atomic mass is 10.2. The summed E-state index contributed by atoms with van der Waals surface area (Å²) in [5, 5.41) is 3.34. The number of nitrogens with zero attached hydrogens (tertiary/aromatic N) is 1. The molecule has 1 aliphatic rings. The molecule has 1 saturated heterocycles. The van der Waals surface area contributed by atoms with Gasteiger partial charge in [0.1, 0.15) is 11.5 Å². The molecule has 4 rings (SSSR count). The lowest BCUT2D eigenvalue weighted by molar-refractivity contribution is -0.123. The molecule has 3 aromatic rings. The first-order chi connectivity index (χ1) is 13.6. The molecule has 2 aromatic carbocycles. The Hall–Kier alpha value is -3.25. The SMILES string of the molecule is Cc1ccc(Sc2ccc(/C=C3/NC(=O)N(Cc4ccccc4)C3=O)o2)cc1. The van der Waals surface area contributed by atoms with Gasteiger partial charge in [0.15, 0.2) is 5.09 Å². The Morgan fingerprint density at radius 1 is 1.00 bits per heavy atom. The van der Waals surface area contributed by atoms with E-state index in [0.29, 0.717) is 10.9 Å². The molecule has 0 radical (unpaired) electrons. The van der Waals surface area contributed by atoms with Crippen molar-refractivity contribution in [2.45, 2.75) is 23.5 Å². The van der Waals surface area contributed by atoms with Crippen LogP contribution in [0.25, 0.3) is 6.08 Å². The molecule has 0 aliphatic carbocycles. The lowest BCUT2D eigenvalue weighted by Crippen LogP contribution is -2.30. The third kappa shape index (κ3) is 4.02. The maximum Gasteiger partial charge on any atom is 0.329 e. The molecule has 0 spiro atoms. The monoisotopic (exact) mass is 390 g/mol. The second-order valence-electron chi connectivity index (χ2n) is 6.44. The van der Waals surface area contributed by atoms with Crippen LogP contribution in [-0.2, 0) is 11.3 Å². The van der Waals surface area contributed by atoms with Crippen molar-refractivity contribution in [2.75, 3.05) is 0 Å². The average molecular weight is 390 g/mol. The Balaban J connectivity index is 1.47. The minimum Gasteiger partial charge on any atom is -0.450 e. The molecular formula is C22H18N2O3S. The fourth-order valence-electron chi connectivity index (χ4n) is 2.81. The van der Waals surface area contributed by atoms with Crippen molar-refractivity contribution >= 4 is 29.8 Å². The van der Waals surface area contributed by atoms with Crippen LogP contribution in [0, 0.1) is 6.92 Å². The fourth-order valence-corrected chi connectivity index (χ4v) is 3.59. The minimum atomic E-state index is -0.430. The Morgan fingerprint density at radius 2 is 1.75 bits per heavy atom. The molecule has 0 saturated carbocycles. The van der Waals surface area contributed by atoms with Crippen molar-refractivity contribution in [3.05, 3.63) is 89.3 Å². The number of amides is 3. The van der Waals surface area contributed by atoms with Crippen LogP contribution in [0.4, 0.5) is 4.79 Å². The predicted octanol–water partition coefficient (Wildman–Crippen LogP) is 4.83. The van der Waals surface area contributed by atoms with Crippen LogP contribution in [0.3, 0.4) is 0 Å². The molecule has 1 fully saturated rings. The first-order valence-electron chi connectivity index (χ1n) is 8.81. The summed E-state index contributed by atoms with van der Waals surface area (Å²) in [6, 6.07) is 20.7. The smallest absolute Gasteiger partial charge is 0.329 e. The average Bonchev–Trinajstić information content (AvgIpc) is 3.24. The summed E-state index contributed by atoms with van der Waals surface area (Å²) in [5.41, 5.74) is 2.30. The second-order valence-corrected chi connectivity index (χ2v) is 7.51. The van der Waals surface area contributed by atoms with Gasteiger partial charge in [-0.1, -0.05) is 59.8 Å². The maximum absolute atomic E-state index is 12.6. The third-order valence-electron chi connectivity index (χ3n) is 4.27. The number of carbonyl (C=O) groups excluding carboxylic acids is 2. The normalized spacial score (nSPS) is 15.3. The first kappa shape index (κ1) is 18.1. The zero-order chi connectivity index (χ0) is 19.5. The summed E-state index contributed by atoms with van der Waals surface area (Å²) in [4.78, 5) is 27.0. The summed E-state index contributed by atoms with van der Waals surface area (Å²) in [5.74, 6) is 0.151. The summed E-state index contributed by atoms with van der Waals surface area (Å²) >= 11 is 1.50. The van der Waals surface area contributed by atoms with Crippen LogP contribution in [0.1, 0.15) is 16.9 Å². The van der Waals surface area contributed by atoms with Crippen molar-refractivity contribution in [3.63, 3.8) is 0 Å². The van der Waals surface area contributed by atoms with Crippen LogP contribution in [0.5, 0.6) is 0 Å². The maximum atomic E-state index is 12.6. The largest absolute Gasteiger partial charge is 0.450 e. The Bertz CT molecular complexity index is 1040. The minimum absolute atomic E-state index is 0.210. The van der Waals surface area contributed by atoms with E-state index >= 15 is 0 Å². The zero-order valence-electron chi connectivity index (χ0n) is 15.2. The number of urea groups is 1. The lowest BCUT2D eigenvalue weighted by Gasteiger charge is -2.11. The van der Waals surface area contributed by atoms with Crippen molar-refractivity contribution in [1.29, 1.82) is 0 Å². The highest BCUT2D eigenvalue weighted by Crippen LogP contribution is 2.30. The van der Waals surface area contributed by atoms with Gasteiger partial charge in [0.2, 0.25) is 0 Å². The molecule has 28 heavy (non-hydrogen) atoms. The number of rotatable bonds is 5. The molecule has 0 atom stereocenters. The van der Waals surface area contributed by atoms with Crippen molar-refractivity contribution in [2.24, 2.45) is 0 Å². The zero-order valence-corrected chi connectivity index (χ0v) is 16.0. The standard InChI is InChI=1S/C22H18N2O3S/c1-15-7-10-18(11-8-15)28-20-12-9-17(27-20)13-19-21(25)24(22(26)23-19)14-16-5-3-2-4-6-16/h2-13H,14H2,1H3,(H,23,26)/b19-13+. The van der Waals surface area contributed by atoms with Gasteiger partial charge in [0, 0.05) is 11.0 Å². The molecule has 0 unspecified atom stereocenters. The highest BCUT2D eigenvalue weighted by Gasteiger charge is 2.33. The van der Waals surface area contributed by atoms with Gasteiger partial charge in [-0.2, -0.15) is 0 Å². The van der Waals surface area contributed by atoms with Crippen LogP contribution in [0.2, 0.25) is 0 Å². The number of aryl methyl sites for hydroxylation is 1. The van der Waals surface area contributed by atoms with Gasteiger partial charge >= 0.3 is 6.03 Å². The Morgan fingerprint density at radius 3 is 2.50 bits per heavy atom. The number of hydrogen-bond acceptors (Lipinski definition) is 4. The van der Waals surface area contributed by atoms with E-state index in [1.165, 1.54) is 22.2 Å². The van der Waals surface area contributed by atoms with E-state index in [4.69, 9.17) is 4.42 Å². The van der Waals surface area contributed by atoms with Crippen LogP contribution < -0.4 is 5.32 Å². The summed E-state index contributed by atoms with van der Waals surface area (Å²) < 4.78 is 5.78. The molecule has 1 aliphatic heterocycles. The van der Waals surface area contributed by atoms with Gasteiger partial charge in [-0.05, 0) is 36.8 Å². The van der Waals surface area contributed by atoms with E-state index in [2.05, 4.69) is 5.32 Å². The van der Waals surface area contributed by atoms with Crippen LogP contribution in [-0.4, -0.2) is 16.8 Å². The van der Waals surface area contributed by atoms with Crippen LogP contribution in [0.15, 0.2) is 86.8 Å². The van der Waals surface area contributed by atoms with Gasteiger partial charge in [-0.25, -0.2) is 4.79 Å². The van der Waals surface area contributed by atoms with Gasteiger partial charge in [-0.15, -0.1) is 0 Å². The quantitative estimate of drug-likeness (QED) is 0.501. The van der Waals surface area contributed by atoms with Gasteiger partial charge in [-0.3, -0.25) is 9.69 Å². The topological polar surface area (TPSA) is 62.6 Å². The fraction of sp³-hybridized carbons (Fsp3) is 0.0909. The summed E-state index contributed by atoms with van der Waals surface area (Å²) in [6.45, 7) is 2.27. The van der Waals surface area contributed by atoms with Gasteiger partial charge < -0.3 is 9.73 Å². The molecule has 0 bridgehead atoms. The Kier molecular flexibility index (Phi) is 5.04. The van der Waals surface area contributed by atoms with E-state index in [-0.39, 0.29) is 18.1 Å². The van der Waals surface area contributed by atoms with Gasteiger partial charge in [0.05, 0.1) is 6.54 Å². The first-order valence-corrected chi connectivity index (χ1v) is 9.63. The van der Waals surface area contributed by atoms with Crippen molar-refractivity contribution < 1.29 is 14.0 Å². The number of carbonyl (C=O) groups is 2. The number of imide groups is 1. The second kappa shape index (κ2) is 7.78. The van der Waals surface area contributed by atoms with Crippen molar-refractivity contribution in [1.82, 2.24) is 10.2 Å². The van der Waals surface area contributed by atoms with E-state index in [9.17, 15) is 9.59 Å². The third-order valence-corrected chi connectivity index (χ3v) is 5.20. The number of benzene rings is 2. The van der Waals surface area contributed by atoms with Gasteiger partial charge in [0.25, 0.3) is 5.91 Å².